The molecule has 1 aromatic heterocycles. The van der Waals surface area contributed by atoms with Gasteiger partial charge in [0.2, 0.25) is 0 Å². The highest BCUT2D eigenvalue weighted by Crippen LogP contribution is 2.01. The smallest absolute Gasteiger partial charge is 0.131 e. The lowest BCUT2D eigenvalue weighted by molar-refractivity contribution is 0.755. The Morgan fingerprint density at radius 1 is 1.36 bits per heavy atom. The van der Waals surface area contributed by atoms with Crippen molar-refractivity contribution in [3.63, 3.8) is 0 Å². The predicted octanol–water partition coefficient (Wildman–Crippen LogP) is 1.06. The molecule has 78 valence electrons. The van der Waals surface area contributed by atoms with E-state index in [2.05, 4.69) is 27.5 Å². The number of aromatic nitrogens is 2. The maximum absolute atomic E-state index is 4.39. The zero-order valence-electron chi connectivity index (χ0n) is 8.88. The molecule has 0 aromatic carbocycles. The van der Waals surface area contributed by atoms with Gasteiger partial charge >= 0.3 is 0 Å². The fraction of sp³-hybridized carbons (Fsp3) is 0.600. The molecule has 2 N–H and O–H groups in total. The lowest BCUT2D eigenvalue weighted by Gasteiger charge is -2.05. The van der Waals surface area contributed by atoms with Gasteiger partial charge in [0.25, 0.3) is 0 Å². The van der Waals surface area contributed by atoms with Gasteiger partial charge in [-0.25, -0.2) is 9.97 Å². The monoisotopic (exact) mass is 194 g/mol. The van der Waals surface area contributed by atoms with Crippen molar-refractivity contribution in [3.8, 4) is 0 Å². The molecule has 4 nitrogen and oxygen atoms in total. The summed E-state index contributed by atoms with van der Waals surface area (Å²) in [6.45, 7) is 4.01. The van der Waals surface area contributed by atoms with E-state index in [1.807, 2.05) is 13.1 Å². The molecule has 0 bridgehead atoms. The number of hydrogen-bond acceptors (Lipinski definition) is 4. The number of nitrogens with zero attached hydrogens (tertiary/aromatic N) is 2. The third-order valence-electron chi connectivity index (χ3n) is 1.86. The minimum Gasteiger partial charge on any atom is -0.370 e. The molecule has 0 atom stereocenters. The number of hydrogen-bond donors (Lipinski definition) is 2. The van der Waals surface area contributed by atoms with E-state index in [9.17, 15) is 0 Å². The topological polar surface area (TPSA) is 49.8 Å². The number of anilines is 1. The highest BCUT2D eigenvalue weighted by atomic mass is 15.0. The molecule has 0 radical (unpaired) electrons. The molecule has 0 aliphatic rings. The Balaban J connectivity index is 2.50. The van der Waals surface area contributed by atoms with Gasteiger partial charge in [-0.1, -0.05) is 6.92 Å². The van der Waals surface area contributed by atoms with E-state index in [-0.39, 0.29) is 0 Å². The summed E-state index contributed by atoms with van der Waals surface area (Å²) in [5, 5.41) is 6.32. The van der Waals surface area contributed by atoms with Gasteiger partial charge in [-0.3, -0.25) is 0 Å². The van der Waals surface area contributed by atoms with Crippen molar-refractivity contribution in [1.82, 2.24) is 15.3 Å². The summed E-state index contributed by atoms with van der Waals surface area (Å²) in [5.74, 6) is 1.81. The second-order valence-corrected chi connectivity index (χ2v) is 3.14. The van der Waals surface area contributed by atoms with Crippen LogP contribution < -0.4 is 10.6 Å². The molecule has 0 aliphatic carbocycles. The van der Waals surface area contributed by atoms with Gasteiger partial charge < -0.3 is 10.6 Å². The highest BCUT2D eigenvalue weighted by Gasteiger charge is 1.97. The van der Waals surface area contributed by atoms with Crippen LogP contribution in [-0.4, -0.2) is 30.1 Å². The van der Waals surface area contributed by atoms with Crippen LogP contribution in [0.4, 0.5) is 5.82 Å². The molecule has 14 heavy (non-hydrogen) atoms. The largest absolute Gasteiger partial charge is 0.370 e. The molecule has 0 fully saturated rings. The van der Waals surface area contributed by atoms with E-state index < -0.39 is 0 Å². The van der Waals surface area contributed by atoms with E-state index in [1.165, 1.54) is 0 Å². The predicted molar refractivity (Wildman–Crippen MR) is 58.4 cm³/mol. The molecule has 0 aliphatic heterocycles. The van der Waals surface area contributed by atoms with Gasteiger partial charge in [-0.05, 0) is 19.5 Å². The van der Waals surface area contributed by atoms with E-state index in [4.69, 9.17) is 0 Å². The molecule has 1 rings (SSSR count). The Labute approximate surface area is 85.2 Å². The Hall–Kier alpha value is -1.16. The summed E-state index contributed by atoms with van der Waals surface area (Å²) in [6.07, 6.45) is 3.78. The van der Waals surface area contributed by atoms with Crippen LogP contribution in [0.5, 0.6) is 0 Å². The highest BCUT2D eigenvalue weighted by molar-refractivity contribution is 5.32. The first-order chi connectivity index (χ1) is 6.86. The molecule has 0 saturated heterocycles. The maximum atomic E-state index is 4.39. The first-order valence-electron chi connectivity index (χ1n) is 5.07. The van der Waals surface area contributed by atoms with E-state index in [0.717, 1.165) is 37.6 Å². The van der Waals surface area contributed by atoms with Gasteiger partial charge in [0, 0.05) is 25.7 Å². The van der Waals surface area contributed by atoms with Crippen LogP contribution in [0.1, 0.15) is 19.2 Å². The average Bonchev–Trinajstić information content (AvgIpc) is 2.24. The lowest BCUT2D eigenvalue weighted by Crippen LogP contribution is -2.13. The Bertz CT molecular complexity index is 239. The molecule has 0 spiro atoms. The van der Waals surface area contributed by atoms with Gasteiger partial charge in [-0.15, -0.1) is 0 Å². The molecular formula is C10H18N4. The van der Waals surface area contributed by atoms with Gasteiger partial charge in [-0.2, -0.15) is 0 Å². The fourth-order valence-electron chi connectivity index (χ4n) is 1.11. The van der Waals surface area contributed by atoms with Crippen molar-refractivity contribution in [2.45, 2.75) is 19.8 Å². The third-order valence-corrected chi connectivity index (χ3v) is 1.86. The quantitative estimate of drug-likeness (QED) is 0.711. The van der Waals surface area contributed by atoms with E-state index >= 15 is 0 Å². The summed E-state index contributed by atoms with van der Waals surface area (Å²) >= 11 is 0. The molecular weight excluding hydrogens is 176 g/mol. The summed E-state index contributed by atoms with van der Waals surface area (Å²) < 4.78 is 0. The number of likely N-dealkylation sites (N-methyl/N-ethyl adjacent to an activating group) is 1. The van der Waals surface area contributed by atoms with Gasteiger partial charge in [0.05, 0.1) is 0 Å². The summed E-state index contributed by atoms with van der Waals surface area (Å²) in [7, 11) is 1.93. The third kappa shape index (κ3) is 3.70. The zero-order chi connectivity index (χ0) is 10.2. The maximum Gasteiger partial charge on any atom is 0.131 e. The Morgan fingerprint density at radius 3 is 2.93 bits per heavy atom. The SMILES string of the molecule is CCCNc1ccnc(CCNC)n1. The van der Waals surface area contributed by atoms with Crippen molar-refractivity contribution in [3.05, 3.63) is 18.1 Å². The van der Waals surface area contributed by atoms with E-state index in [1.54, 1.807) is 6.20 Å². The number of nitrogens with one attached hydrogen (secondary N) is 2. The van der Waals surface area contributed by atoms with Crippen LogP contribution in [-0.2, 0) is 6.42 Å². The molecule has 1 aromatic rings. The van der Waals surface area contributed by atoms with Crippen LogP contribution in [0, 0.1) is 0 Å². The van der Waals surface area contributed by atoms with Crippen LogP contribution in [0.2, 0.25) is 0 Å². The van der Waals surface area contributed by atoms with Crippen molar-refractivity contribution in [1.29, 1.82) is 0 Å². The van der Waals surface area contributed by atoms with Crippen LogP contribution in [0.3, 0.4) is 0 Å². The van der Waals surface area contributed by atoms with Crippen molar-refractivity contribution < 1.29 is 0 Å². The van der Waals surface area contributed by atoms with Gasteiger partial charge in [0.15, 0.2) is 0 Å². The average molecular weight is 194 g/mol. The van der Waals surface area contributed by atoms with Crippen molar-refractivity contribution in [2.24, 2.45) is 0 Å². The van der Waals surface area contributed by atoms with Crippen LogP contribution in [0.15, 0.2) is 12.3 Å². The number of rotatable bonds is 6. The normalized spacial score (nSPS) is 10.1. The first kappa shape index (κ1) is 10.9. The molecule has 0 saturated carbocycles. The van der Waals surface area contributed by atoms with Crippen LogP contribution in [0.25, 0.3) is 0 Å². The second-order valence-electron chi connectivity index (χ2n) is 3.14. The standard InChI is InChI=1S/C10H18N4/c1-3-6-12-10-5-8-13-9(14-10)4-7-11-2/h5,8,11H,3-4,6-7H2,1-2H3,(H,12,13,14). The zero-order valence-corrected chi connectivity index (χ0v) is 8.88. The van der Waals surface area contributed by atoms with Crippen LogP contribution >= 0.6 is 0 Å². The fourth-order valence-corrected chi connectivity index (χ4v) is 1.11. The van der Waals surface area contributed by atoms with E-state index in [0.29, 0.717) is 0 Å². The molecule has 1 heterocycles. The summed E-state index contributed by atoms with van der Waals surface area (Å²) in [6, 6.07) is 1.90. The minimum atomic E-state index is 0.873. The first-order valence-corrected chi connectivity index (χ1v) is 5.07. The second kappa shape index (κ2) is 6.32. The molecule has 0 amide bonds. The van der Waals surface area contributed by atoms with Crippen molar-refractivity contribution in [2.75, 3.05) is 25.5 Å². The minimum absolute atomic E-state index is 0.873. The summed E-state index contributed by atoms with van der Waals surface area (Å²) in [5.41, 5.74) is 0. The lowest BCUT2D eigenvalue weighted by atomic mass is 10.4. The van der Waals surface area contributed by atoms with Crippen molar-refractivity contribution >= 4 is 5.82 Å². The summed E-state index contributed by atoms with van der Waals surface area (Å²) in [4.78, 5) is 8.58. The molecule has 0 unspecified atom stereocenters. The Morgan fingerprint density at radius 2 is 2.21 bits per heavy atom. The Kier molecular flexibility index (Phi) is 4.93. The van der Waals surface area contributed by atoms with Gasteiger partial charge in [0.1, 0.15) is 11.6 Å². The molecule has 4 heteroatoms.